The summed E-state index contributed by atoms with van der Waals surface area (Å²) in [7, 11) is 0. The highest BCUT2D eigenvalue weighted by Crippen LogP contribution is 2.43. The molecule has 0 amide bonds. The Bertz CT molecular complexity index is 831. The number of halogens is 1. The van der Waals surface area contributed by atoms with Crippen molar-refractivity contribution in [1.82, 2.24) is 0 Å². The summed E-state index contributed by atoms with van der Waals surface area (Å²) in [4.78, 5) is 4.08. The number of thiocarbonyl (C=S) groups is 1. The second-order valence-electron chi connectivity index (χ2n) is 8.35. The van der Waals surface area contributed by atoms with Crippen LogP contribution in [0.25, 0.3) is 11.1 Å². The molecule has 1 nitrogen and oxygen atoms in total. The summed E-state index contributed by atoms with van der Waals surface area (Å²) in [6, 6.07) is 13.2. The molecule has 140 valence electrons. The van der Waals surface area contributed by atoms with Crippen LogP contribution in [0.3, 0.4) is 0 Å². The summed E-state index contributed by atoms with van der Waals surface area (Å²) in [5.41, 5.74) is 5.56. The molecule has 0 saturated heterocycles. The minimum absolute atomic E-state index is 0.625. The van der Waals surface area contributed by atoms with Crippen LogP contribution in [0.4, 0.5) is 5.69 Å². The Morgan fingerprint density at radius 1 is 0.963 bits per heavy atom. The van der Waals surface area contributed by atoms with Gasteiger partial charge in [0.1, 0.15) is 0 Å². The zero-order valence-electron chi connectivity index (χ0n) is 15.9. The molecule has 0 unspecified atom stereocenters. The van der Waals surface area contributed by atoms with E-state index in [1.165, 1.54) is 56.1 Å². The van der Waals surface area contributed by atoms with E-state index in [1.54, 1.807) is 0 Å². The first-order valence-corrected chi connectivity index (χ1v) is 10.9. The van der Waals surface area contributed by atoms with Crippen LogP contribution in [-0.4, -0.2) is 5.16 Å². The first-order valence-electron chi connectivity index (χ1n) is 10.1. The Balaban J connectivity index is 1.45. The lowest BCUT2D eigenvalue weighted by Crippen LogP contribution is -2.13. The van der Waals surface area contributed by atoms with Crippen LogP contribution in [0.5, 0.6) is 0 Å². The van der Waals surface area contributed by atoms with Gasteiger partial charge < -0.3 is 0 Å². The van der Waals surface area contributed by atoms with Gasteiger partial charge in [-0.2, -0.15) is 4.99 Å². The molecule has 27 heavy (non-hydrogen) atoms. The number of hydrogen-bond donors (Lipinski definition) is 0. The number of benzene rings is 2. The fourth-order valence-electron chi connectivity index (χ4n) is 4.59. The third kappa shape index (κ3) is 4.51. The van der Waals surface area contributed by atoms with Crippen molar-refractivity contribution >= 4 is 34.7 Å². The van der Waals surface area contributed by atoms with Gasteiger partial charge in [0.05, 0.1) is 15.9 Å². The normalized spacial score (nSPS) is 22.3. The Hall–Kier alpha value is -1.47. The van der Waals surface area contributed by atoms with Crippen molar-refractivity contribution < 1.29 is 0 Å². The number of nitrogens with zero attached hydrogens (tertiary/aromatic N) is 1. The largest absolute Gasteiger partial charge is 0.193 e. The number of isothiocyanates is 1. The highest BCUT2D eigenvalue weighted by molar-refractivity contribution is 7.78. The monoisotopic (exact) mass is 395 g/mol. The molecule has 0 radical (unpaired) electrons. The molecule has 0 aliphatic heterocycles. The average Bonchev–Trinajstić information content (AvgIpc) is 3.49. The molecule has 0 heterocycles. The summed E-state index contributed by atoms with van der Waals surface area (Å²) in [5.74, 6) is 2.80. The minimum atomic E-state index is 0.625. The molecule has 2 aliphatic rings. The van der Waals surface area contributed by atoms with Gasteiger partial charge in [-0.25, -0.2) is 0 Å². The SMILES string of the molecule is Cc1cc(-c2ccc(C3CCC(CC4CC4)CC3)cc2)cc(Cl)c1N=C=S. The number of hydrogen-bond acceptors (Lipinski definition) is 2. The molecule has 2 aromatic carbocycles. The molecule has 3 heteroatoms. The van der Waals surface area contributed by atoms with Crippen LogP contribution in [0.2, 0.25) is 5.02 Å². The lowest BCUT2D eigenvalue weighted by molar-refractivity contribution is 0.299. The van der Waals surface area contributed by atoms with Gasteiger partial charge in [-0.15, -0.1) is 0 Å². The van der Waals surface area contributed by atoms with Crippen molar-refractivity contribution in [3.05, 3.63) is 52.5 Å². The van der Waals surface area contributed by atoms with Gasteiger partial charge in [-0.05, 0) is 103 Å². The smallest absolute Gasteiger partial charge is 0.0955 e. The first-order chi connectivity index (χ1) is 13.1. The summed E-state index contributed by atoms with van der Waals surface area (Å²) in [5, 5.41) is 3.03. The third-order valence-corrected chi connectivity index (χ3v) is 6.72. The van der Waals surface area contributed by atoms with Crippen molar-refractivity contribution in [2.24, 2.45) is 16.8 Å². The lowest BCUT2D eigenvalue weighted by Gasteiger charge is -2.29. The van der Waals surface area contributed by atoms with Crippen LogP contribution in [0, 0.1) is 18.8 Å². The third-order valence-electron chi connectivity index (χ3n) is 6.34. The maximum atomic E-state index is 6.39. The quantitative estimate of drug-likeness (QED) is 0.367. The Morgan fingerprint density at radius 3 is 2.15 bits per heavy atom. The molecular formula is C24H26ClNS. The molecular weight excluding hydrogens is 370 g/mol. The summed E-state index contributed by atoms with van der Waals surface area (Å²) in [6.07, 6.45) is 10.0. The Kier molecular flexibility index (Phi) is 5.78. The zero-order valence-corrected chi connectivity index (χ0v) is 17.5. The van der Waals surface area contributed by atoms with Crippen LogP contribution in [0.15, 0.2) is 41.4 Å². The molecule has 0 atom stereocenters. The van der Waals surface area contributed by atoms with E-state index in [1.807, 2.05) is 13.0 Å². The Labute approximate surface area is 172 Å². The fraction of sp³-hybridized carbons (Fsp3) is 0.458. The van der Waals surface area contributed by atoms with E-state index in [0.717, 1.165) is 34.6 Å². The van der Waals surface area contributed by atoms with Crippen LogP contribution in [0.1, 0.15) is 62.0 Å². The van der Waals surface area contributed by atoms with E-state index in [-0.39, 0.29) is 0 Å². The van der Waals surface area contributed by atoms with E-state index >= 15 is 0 Å². The van der Waals surface area contributed by atoms with Gasteiger partial charge in [0.2, 0.25) is 0 Å². The topological polar surface area (TPSA) is 12.4 Å². The maximum absolute atomic E-state index is 6.39. The molecule has 2 saturated carbocycles. The van der Waals surface area contributed by atoms with Crippen LogP contribution in [-0.2, 0) is 0 Å². The molecule has 4 rings (SSSR count). The van der Waals surface area contributed by atoms with Gasteiger partial charge in [-0.1, -0.05) is 48.7 Å². The van der Waals surface area contributed by atoms with Crippen molar-refractivity contribution in [2.75, 3.05) is 0 Å². The minimum Gasteiger partial charge on any atom is -0.193 e. The molecule has 2 aromatic rings. The molecule has 2 aliphatic carbocycles. The lowest BCUT2D eigenvalue weighted by atomic mass is 9.77. The fourth-order valence-corrected chi connectivity index (χ4v) is 4.99. The maximum Gasteiger partial charge on any atom is 0.0955 e. The highest BCUT2D eigenvalue weighted by Gasteiger charge is 2.29. The first kappa shape index (κ1) is 18.9. The van der Waals surface area contributed by atoms with Gasteiger partial charge >= 0.3 is 0 Å². The molecule has 0 aromatic heterocycles. The number of aliphatic imine (C=N–C) groups is 1. The average molecular weight is 396 g/mol. The molecule has 0 N–H and O–H groups in total. The summed E-state index contributed by atoms with van der Waals surface area (Å²) in [6.45, 7) is 2.01. The predicted octanol–water partition coefficient (Wildman–Crippen LogP) is 8.12. The van der Waals surface area contributed by atoms with Gasteiger partial charge in [0.25, 0.3) is 0 Å². The van der Waals surface area contributed by atoms with Crippen LogP contribution < -0.4 is 0 Å². The van der Waals surface area contributed by atoms with E-state index < -0.39 is 0 Å². The van der Waals surface area contributed by atoms with Crippen LogP contribution >= 0.6 is 23.8 Å². The van der Waals surface area contributed by atoms with Gasteiger partial charge in [0.15, 0.2) is 0 Å². The number of rotatable bonds is 5. The van der Waals surface area contributed by atoms with E-state index in [0.29, 0.717) is 5.02 Å². The number of aryl methyl sites for hydroxylation is 1. The standard InChI is InChI=1S/C24H26ClNS/c1-16-12-22(14-23(25)24(16)26-15-27)21-10-8-20(9-11-21)19-6-4-18(5-7-19)13-17-2-3-17/h8-12,14,17-19H,2-7,13H2,1H3. The van der Waals surface area contributed by atoms with Gasteiger partial charge in [-0.3, -0.25) is 0 Å². The Morgan fingerprint density at radius 2 is 1.59 bits per heavy atom. The van der Waals surface area contributed by atoms with Crippen molar-refractivity contribution in [3.63, 3.8) is 0 Å². The van der Waals surface area contributed by atoms with Crippen molar-refractivity contribution in [1.29, 1.82) is 0 Å². The predicted molar refractivity (Wildman–Crippen MR) is 118 cm³/mol. The van der Waals surface area contributed by atoms with E-state index in [4.69, 9.17) is 23.8 Å². The van der Waals surface area contributed by atoms with Crippen molar-refractivity contribution in [2.45, 2.75) is 57.8 Å². The molecule has 0 spiro atoms. The second-order valence-corrected chi connectivity index (χ2v) is 8.94. The highest BCUT2D eigenvalue weighted by atomic mass is 35.5. The van der Waals surface area contributed by atoms with Crippen molar-refractivity contribution in [3.8, 4) is 11.1 Å². The molecule has 0 bridgehead atoms. The van der Waals surface area contributed by atoms with E-state index in [9.17, 15) is 0 Å². The zero-order chi connectivity index (χ0) is 18.8. The van der Waals surface area contributed by atoms with Gasteiger partial charge in [0, 0.05) is 0 Å². The van der Waals surface area contributed by atoms with E-state index in [2.05, 4.69) is 40.5 Å². The summed E-state index contributed by atoms with van der Waals surface area (Å²) < 4.78 is 0. The second kappa shape index (κ2) is 8.27. The molecule has 2 fully saturated rings. The summed E-state index contributed by atoms with van der Waals surface area (Å²) >= 11 is 11.1.